The van der Waals surface area contributed by atoms with Gasteiger partial charge in [0, 0.05) is 25.6 Å². The molecule has 2 aliphatic heterocycles. The number of carbonyl (C=O) groups is 1. The summed E-state index contributed by atoms with van der Waals surface area (Å²) in [6.45, 7) is 3.61. The lowest BCUT2D eigenvalue weighted by molar-refractivity contribution is -0.144. The number of rotatable bonds is 4. The van der Waals surface area contributed by atoms with Gasteiger partial charge in [-0.15, -0.1) is 0 Å². The van der Waals surface area contributed by atoms with Crippen LogP contribution >= 0.6 is 0 Å². The van der Waals surface area contributed by atoms with Crippen molar-refractivity contribution in [2.75, 3.05) is 18.0 Å². The third kappa shape index (κ3) is 3.81. The zero-order valence-electron chi connectivity index (χ0n) is 13.4. The fourth-order valence-corrected chi connectivity index (χ4v) is 3.15. The topological polar surface area (TPSA) is 29.5 Å². The second kappa shape index (κ2) is 6.99. The number of ether oxygens (including phenoxy) is 1. The first kappa shape index (κ1) is 15.8. The van der Waals surface area contributed by atoms with E-state index < -0.39 is 0 Å². The van der Waals surface area contributed by atoms with Gasteiger partial charge >= 0.3 is 5.97 Å². The maximum atomic E-state index is 14.4. The molecule has 0 fully saturated rings. The molecule has 0 bridgehead atoms. The molecule has 0 amide bonds. The molecule has 1 aromatic carbocycles. The van der Waals surface area contributed by atoms with Crippen molar-refractivity contribution in [3.8, 4) is 0 Å². The summed E-state index contributed by atoms with van der Waals surface area (Å²) in [5.41, 5.74) is 2.57. The summed E-state index contributed by atoms with van der Waals surface area (Å²) in [5, 5.41) is 0. The molecule has 1 aromatic rings. The van der Waals surface area contributed by atoms with Crippen LogP contribution in [-0.2, 0) is 16.0 Å². The summed E-state index contributed by atoms with van der Waals surface area (Å²) in [7, 11) is 0. The molecule has 3 nitrogen and oxygen atoms in total. The van der Waals surface area contributed by atoms with Gasteiger partial charge < -0.3 is 9.64 Å². The number of carbonyl (C=O) groups excluding carboxylic acids is 1. The highest BCUT2D eigenvalue weighted by Gasteiger charge is 2.20. The SMILES string of the molecule is CCC1CC(Cc2ccc(N3CC=CCC3)c(F)c2)=CC(=O)O1. The molecule has 0 spiro atoms. The van der Waals surface area contributed by atoms with Crippen molar-refractivity contribution in [1.29, 1.82) is 0 Å². The predicted octanol–water partition coefficient (Wildman–Crippen LogP) is 3.79. The van der Waals surface area contributed by atoms with E-state index in [1.165, 1.54) is 0 Å². The monoisotopic (exact) mass is 315 g/mol. The normalized spacial score (nSPS) is 21.1. The number of anilines is 1. The number of nitrogens with zero attached hydrogens (tertiary/aromatic N) is 1. The fraction of sp³-hybridized carbons (Fsp3) is 0.421. The Labute approximate surface area is 136 Å². The summed E-state index contributed by atoms with van der Waals surface area (Å²) in [5.74, 6) is -0.473. The zero-order chi connectivity index (χ0) is 16.2. The van der Waals surface area contributed by atoms with Crippen LogP contribution in [0.4, 0.5) is 10.1 Å². The second-order valence-corrected chi connectivity index (χ2v) is 6.14. The van der Waals surface area contributed by atoms with Gasteiger partial charge in [-0.1, -0.05) is 30.7 Å². The number of cyclic esters (lactones) is 1. The standard InChI is InChI=1S/C19H22FNO2/c1-2-16-11-15(13-19(22)23-16)10-14-6-7-18(17(20)12-14)21-8-4-3-5-9-21/h3-4,6-7,12-13,16H,2,5,8-11H2,1H3. The van der Waals surface area contributed by atoms with E-state index in [1.54, 1.807) is 12.1 Å². The van der Waals surface area contributed by atoms with Gasteiger partial charge in [0.2, 0.25) is 0 Å². The van der Waals surface area contributed by atoms with Crippen LogP contribution in [0.15, 0.2) is 42.0 Å². The molecule has 0 saturated heterocycles. The average molecular weight is 315 g/mol. The van der Waals surface area contributed by atoms with Gasteiger partial charge in [0.25, 0.3) is 0 Å². The summed E-state index contributed by atoms with van der Waals surface area (Å²) < 4.78 is 19.7. The zero-order valence-corrected chi connectivity index (χ0v) is 13.4. The highest BCUT2D eigenvalue weighted by Crippen LogP contribution is 2.26. The van der Waals surface area contributed by atoms with E-state index in [4.69, 9.17) is 4.74 Å². The lowest BCUT2D eigenvalue weighted by atomic mass is 9.96. The van der Waals surface area contributed by atoms with E-state index in [9.17, 15) is 9.18 Å². The largest absolute Gasteiger partial charge is 0.459 e. The number of halogens is 1. The maximum Gasteiger partial charge on any atom is 0.330 e. The van der Waals surface area contributed by atoms with Crippen molar-refractivity contribution in [1.82, 2.24) is 0 Å². The minimum Gasteiger partial charge on any atom is -0.459 e. The Kier molecular flexibility index (Phi) is 4.79. The Morgan fingerprint density at radius 1 is 1.35 bits per heavy atom. The van der Waals surface area contributed by atoms with Crippen LogP contribution in [0, 0.1) is 5.82 Å². The Bertz CT molecular complexity index is 651. The van der Waals surface area contributed by atoms with Crippen LogP contribution in [0.2, 0.25) is 0 Å². The van der Waals surface area contributed by atoms with E-state index in [0.717, 1.165) is 43.5 Å². The molecule has 2 heterocycles. The molecule has 0 aliphatic carbocycles. The van der Waals surface area contributed by atoms with Crippen LogP contribution in [0.5, 0.6) is 0 Å². The molecule has 0 N–H and O–H groups in total. The summed E-state index contributed by atoms with van der Waals surface area (Å²) >= 11 is 0. The van der Waals surface area contributed by atoms with Crippen LogP contribution in [0.25, 0.3) is 0 Å². The lowest BCUT2D eigenvalue weighted by Crippen LogP contribution is -2.27. The van der Waals surface area contributed by atoms with Gasteiger partial charge in [-0.05, 0) is 37.0 Å². The first-order chi connectivity index (χ1) is 11.2. The lowest BCUT2D eigenvalue weighted by Gasteiger charge is -2.26. The molecular weight excluding hydrogens is 293 g/mol. The molecule has 0 radical (unpaired) electrons. The van der Waals surface area contributed by atoms with E-state index in [-0.39, 0.29) is 17.9 Å². The molecule has 1 unspecified atom stereocenters. The Morgan fingerprint density at radius 3 is 2.91 bits per heavy atom. The van der Waals surface area contributed by atoms with Crippen LogP contribution in [0.3, 0.4) is 0 Å². The number of hydrogen-bond acceptors (Lipinski definition) is 3. The van der Waals surface area contributed by atoms with Gasteiger partial charge in [0.1, 0.15) is 11.9 Å². The molecule has 0 aromatic heterocycles. The van der Waals surface area contributed by atoms with E-state index in [0.29, 0.717) is 12.1 Å². The molecule has 4 heteroatoms. The van der Waals surface area contributed by atoms with Crippen molar-refractivity contribution in [2.24, 2.45) is 0 Å². The summed E-state index contributed by atoms with van der Waals surface area (Å²) in [6.07, 6.45) is 8.79. The number of esters is 1. The Balaban J connectivity index is 1.73. The van der Waals surface area contributed by atoms with Crippen molar-refractivity contribution in [2.45, 2.75) is 38.7 Å². The Morgan fingerprint density at radius 2 is 2.22 bits per heavy atom. The van der Waals surface area contributed by atoms with Crippen LogP contribution in [-0.4, -0.2) is 25.2 Å². The first-order valence-corrected chi connectivity index (χ1v) is 8.24. The van der Waals surface area contributed by atoms with Crippen molar-refractivity contribution in [3.63, 3.8) is 0 Å². The van der Waals surface area contributed by atoms with Gasteiger partial charge in [-0.25, -0.2) is 9.18 Å². The highest BCUT2D eigenvalue weighted by atomic mass is 19.1. The molecule has 3 rings (SSSR count). The molecule has 1 atom stereocenters. The van der Waals surface area contributed by atoms with Crippen molar-refractivity contribution in [3.05, 3.63) is 53.4 Å². The molecular formula is C19H22FNO2. The number of hydrogen-bond donors (Lipinski definition) is 0. The average Bonchev–Trinajstić information content (AvgIpc) is 2.55. The van der Waals surface area contributed by atoms with Gasteiger partial charge in [0.15, 0.2) is 0 Å². The third-order valence-electron chi connectivity index (χ3n) is 4.39. The number of benzene rings is 1. The predicted molar refractivity (Wildman–Crippen MR) is 88.9 cm³/mol. The van der Waals surface area contributed by atoms with Gasteiger partial charge in [-0.2, -0.15) is 0 Å². The summed E-state index contributed by atoms with van der Waals surface area (Å²) in [4.78, 5) is 13.6. The Hall–Kier alpha value is -2.10. The third-order valence-corrected chi connectivity index (χ3v) is 4.39. The summed E-state index contributed by atoms with van der Waals surface area (Å²) in [6, 6.07) is 5.40. The molecule has 122 valence electrons. The first-order valence-electron chi connectivity index (χ1n) is 8.24. The van der Waals surface area contributed by atoms with E-state index >= 15 is 0 Å². The fourth-order valence-electron chi connectivity index (χ4n) is 3.15. The van der Waals surface area contributed by atoms with Crippen LogP contribution in [0.1, 0.15) is 31.7 Å². The quantitative estimate of drug-likeness (QED) is 0.625. The highest BCUT2D eigenvalue weighted by molar-refractivity contribution is 5.84. The van der Waals surface area contributed by atoms with Gasteiger partial charge in [0.05, 0.1) is 5.69 Å². The van der Waals surface area contributed by atoms with Gasteiger partial charge in [-0.3, -0.25) is 0 Å². The molecule has 2 aliphatic rings. The van der Waals surface area contributed by atoms with E-state index in [2.05, 4.69) is 12.2 Å². The second-order valence-electron chi connectivity index (χ2n) is 6.14. The van der Waals surface area contributed by atoms with Crippen molar-refractivity contribution < 1.29 is 13.9 Å². The smallest absolute Gasteiger partial charge is 0.330 e. The van der Waals surface area contributed by atoms with E-state index in [1.807, 2.05) is 24.0 Å². The minimum absolute atomic E-state index is 0.0493. The van der Waals surface area contributed by atoms with Crippen molar-refractivity contribution >= 4 is 11.7 Å². The minimum atomic E-state index is -0.282. The van der Waals surface area contributed by atoms with Crippen LogP contribution < -0.4 is 4.90 Å². The molecule has 23 heavy (non-hydrogen) atoms. The molecule has 0 saturated carbocycles. The maximum absolute atomic E-state index is 14.4.